The van der Waals surface area contributed by atoms with Gasteiger partial charge in [-0.2, -0.15) is 0 Å². The van der Waals surface area contributed by atoms with Gasteiger partial charge in [0.05, 0.1) is 12.3 Å². The lowest BCUT2D eigenvalue weighted by Crippen LogP contribution is -2.40. The number of nitrogens with zero attached hydrogens (tertiary/aromatic N) is 1. The van der Waals surface area contributed by atoms with Gasteiger partial charge >= 0.3 is 6.09 Å². The lowest BCUT2D eigenvalue weighted by molar-refractivity contribution is -0.121. The predicted octanol–water partition coefficient (Wildman–Crippen LogP) is 4.88. The van der Waals surface area contributed by atoms with Crippen LogP contribution in [-0.2, 0) is 9.53 Å². The van der Waals surface area contributed by atoms with E-state index >= 15 is 0 Å². The van der Waals surface area contributed by atoms with E-state index in [1.165, 1.54) is 0 Å². The SMILES string of the molecule is CC(C)(C)OC(=O)Nc1ccc2c(c1)N(CCCOc1ccc(Cl)cc1)C(=O)CO2. The van der Waals surface area contributed by atoms with Gasteiger partial charge in [0.1, 0.15) is 17.1 Å². The van der Waals surface area contributed by atoms with E-state index in [2.05, 4.69) is 5.32 Å². The molecule has 30 heavy (non-hydrogen) atoms. The van der Waals surface area contributed by atoms with Crippen molar-refractivity contribution in [2.75, 3.05) is 30.0 Å². The molecule has 0 spiro atoms. The summed E-state index contributed by atoms with van der Waals surface area (Å²) in [4.78, 5) is 26.1. The highest BCUT2D eigenvalue weighted by atomic mass is 35.5. The van der Waals surface area contributed by atoms with E-state index in [0.29, 0.717) is 41.7 Å². The molecule has 0 aliphatic carbocycles. The Kier molecular flexibility index (Phi) is 6.72. The van der Waals surface area contributed by atoms with Crippen LogP contribution < -0.4 is 19.7 Å². The van der Waals surface area contributed by atoms with Gasteiger partial charge in [0, 0.05) is 17.3 Å². The number of hydrogen-bond donors (Lipinski definition) is 1. The molecule has 1 heterocycles. The Morgan fingerprint density at radius 2 is 1.93 bits per heavy atom. The highest BCUT2D eigenvalue weighted by Gasteiger charge is 2.26. The second-order valence-corrected chi connectivity index (χ2v) is 8.24. The van der Waals surface area contributed by atoms with Crippen LogP contribution in [0.25, 0.3) is 0 Å². The Balaban J connectivity index is 1.62. The Labute approximate surface area is 180 Å². The summed E-state index contributed by atoms with van der Waals surface area (Å²) in [6.07, 6.45) is 0.0609. The maximum Gasteiger partial charge on any atom is 0.412 e. The molecule has 0 saturated carbocycles. The van der Waals surface area contributed by atoms with Crippen LogP contribution in [0, 0.1) is 0 Å². The van der Waals surface area contributed by atoms with Crippen LogP contribution >= 0.6 is 11.6 Å². The fourth-order valence-corrected chi connectivity index (χ4v) is 3.02. The Hall–Kier alpha value is -2.93. The first-order valence-electron chi connectivity index (χ1n) is 9.67. The zero-order chi connectivity index (χ0) is 21.7. The third kappa shape index (κ3) is 6.03. The number of ether oxygens (including phenoxy) is 3. The molecule has 0 aromatic heterocycles. The van der Waals surface area contributed by atoms with Gasteiger partial charge in [-0.1, -0.05) is 11.6 Å². The molecule has 0 radical (unpaired) electrons. The average Bonchev–Trinajstić information content (AvgIpc) is 2.66. The largest absolute Gasteiger partial charge is 0.494 e. The quantitative estimate of drug-likeness (QED) is 0.658. The molecule has 3 rings (SSSR count). The Morgan fingerprint density at radius 3 is 2.63 bits per heavy atom. The molecule has 0 bridgehead atoms. The van der Waals surface area contributed by atoms with E-state index in [-0.39, 0.29) is 12.5 Å². The van der Waals surface area contributed by atoms with Crippen molar-refractivity contribution in [1.29, 1.82) is 0 Å². The first-order chi connectivity index (χ1) is 14.2. The maximum absolute atomic E-state index is 12.4. The first kappa shape index (κ1) is 21.8. The fourth-order valence-electron chi connectivity index (χ4n) is 2.89. The number of fused-ring (bicyclic) bond motifs is 1. The van der Waals surface area contributed by atoms with Gasteiger partial charge < -0.3 is 19.1 Å². The minimum Gasteiger partial charge on any atom is -0.494 e. The number of nitrogens with one attached hydrogen (secondary N) is 1. The lowest BCUT2D eigenvalue weighted by Gasteiger charge is -2.30. The number of carbonyl (C=O) groups is 2. The van der Waals surface area contributed by atoms with E-state index in [4.69, 9.17) is 25.8 Å². The fraction of sp³-hybridized carbons (Fsp3) is 0.364. The molecular weight excluding hydrogens is 408 g/mol. The number of hydrogen-bond acceptors (Lipinski definition) is 5. The van der Waals surface area contributed by atoms with E-state index in [1.807, 2.05) is 0 Å². The van der Waals surface area contributed by atoms with Crippen LogP contribution in [-0.4, -0.2) is 37.4 Å². The van der Waals surface area contributed by atoms with Crippen LogP contribution in [0.3, 0.4) is 0 Å². The number of halogens is 1. The van der Waals surface area contributed by atoms with Crippen molar-refractivity contribution in [2.45, 2.75) is 32.8 Å². The molecule has 1 N–H and O–H groups in total. The van der Waals surface area contributed by atoms with Gasteiger partial charge in [0.25, 0.3) is 5.91 Å². The number of amides is 2. The molecule has 7 nitrogen and oxygen atoms in total. The summed E-state index contributed by atoms with van der Waals surface area (Å²) < 4.78 is 16.5. The van der Waals surface area contributed by atoms with E-state index in [1.54, 1.807) is 68.1 Å². The number of anilines is 2. The molecule has 1 aliphatic heterocycles. The van der Waals surface area contributed by atoms with Crippen molar-refractivity contribution in [3.63, 3.8) is 0 Å². The van der Waals surface area contributed by atoms with Crippen LogP contribution in [0.5, 0.6) is 11.5 Å². The average molecular weight is 433 g/mol. The van der Waals surface area contributed by atoms with Crippen molar-refractivity contribution in [1.82, 2.24) is 0 Å². The molecule has 0 fully saturated rings. The molecule has 8 heteroatoms. The number of benzene rings is 2. The van der Waals surface area contributed by atoms with Crippen LogP contribution in [0.2, 0.25) is 5.02 Å². The summed E-state index contributed by atoms with van der Waals surface area (Å²) in [5.41, 5.74) is 0.517. The summed E-state index contributed by atoms with van der Waals surface area (Å²) in [6, 6.07) is 12.3. The zero-order valence-electron chi connectivity index (χ0n) is 17.2. The van der Waals surface area contributed by atoms with Crippen molar-refractivity contribution in [2.24, 2.45) is 0 Å². The third-order valence-electron chi connectivity index (χ3n) is 4.16. The van der Waals surface area contributed by atoms with Crippen molar-refractivity contribution >= 4 is 35.0 Å². The zero-order valence-corrected chi connectivity index (χ0v) is 18.0. The third-order valence-corrected chi connectivity index (χ3v) is 4.41. The second-order valence-electron chi connectivity index (χ2n) is 7.80. The molecule has 0 unspecified atom stereocenters. The molecule has 0 saturated heterocycles. The summed E-state index contributed by atoms with van der Waals surface area (Å²) >= 11 is 5.87. The number of carbonyl (C=O) groups excluding carboxylic acids is 2. The summed E-state index contributed by atoms with van der Waals surface area (Å²) in [6.45, 7) is 6.25. The van der Waals surface area contributed by atoms with E-state index < -0.39 is 11.7 Å². The van der Waals surface area contributed by atoms with Gasteiger partial charge in [0.2, 0.25) is 0 Å². The van der Waals surface area contributed by atoms with E-state index in [0.717, 1.165) is 5.75 Å². The Morgan fingerprint density at radius 1 is 1.20 bits per heavy atom. The van der Waals surface area contributed by atoms with Gasteiger partial charge in [-0.05, 0) is 69.7 Å². The summed E-state index contributed by atoms with van der Waals surface area (Å²) in [5.74, 6) is 1.16. The lowest BCUT2D eigenvalue weighted by atomic mass is 10.2. The molecule has 1 aliphatic rings. The second kappa shape index (κ2) is 9.26. The van der Waals surface area contributed by atoms with E-state index in [9.17, 15) is 9.59 Å². The van der Waals surface area contributed by atoms with Crippen LogP contribution in [0.4, 0.5) is 16.2 Å². The highest BCUT2D eigenvalue weighted by molar-refractivity contribution is 6.30. The molecule has 160 valence electrons. The molecule has 2 aromatic carbocycles. The van der Waals surface area contributed by atoms with Gasteiger partial charge in [-0.3, -0.25) is 10.1 Å². The standard InChI is InChI=1S/C22H25ClN2O5/c1-22(2,3)30-21(27)24-16-7-10-19-18(13-16)25(20(26)14-29-19)11-4-12-28-17-8-5-15(23)6-9-17/h5-10,13H,4,11-12,14H2,1-3H3,(H,24,27). The minimum atomic E-state index is -0.604. The van der Waals surface area contributed by atoms with Gasteiger partial charge in [0.15, 0.2) is 6.61 Å². The monoisotopic (exact) mass is 432 g/mol. The molecule has 2 aromatic rings. The number of rotatable bonds is 6. The van der Waals surface area contributed by atoms with Crippen molar-refractivity contribution in [3.8, 4) is 11.5 Å². The maximum atomic E-state index is 12.4. The van der Waals surface area contributed by atoms with Crippen molar-refractivity contribution in [3.05, 3.63) is 47.5 Å². The normalized spacial score (nSPS) is 13.3. The van der Waals surface area contributed by atoms with Crippen molar-refractivity contribution < 1.29 is 23.8 Å². The predicted molar refractivity (Wildman–Crippen MR) is 116 cm³/mol. The minimum absolute atomic E-state index is 0.0239. The summed E-state index contributed by atoms with van der Waals surface area (Å²) in [5, 5.41) is 3.33. The van der Waals surface area contributed by atoms with Gasteiger partial charge in [-0.25, -0.2) is 4.79 Å². The molecule has 0 atom stereocenters. The Bertz CT molecular complexity index is 909. The topological polar surface area (TPSA) is 77.1 Å². The van der Waals surface area contributed by atoms with Crippen LogP contribution in [0.1, 0.15) is 27.2 Å². The first-order valence-corrected chi connectivity index (χ1v) is 10.0. The van der Waals surface area contributed by atoms with Crippen LogP contribution in [0.15, 0.2) is 42.5 Å². The molecule has 2 amide bonds. The smallest absolute Gasteiger partial charge is 0.412 e. The highest BCUT2D eigenvalue weighted by Crippen LogP contribution is 2.34. The molecular formula is C22H25ClN2O5. The van der Waals surface area contributed by atoms with Gasteiger partial charge in [-0.15, -0.1) is 0 Å². The summed E-state index contributed by atoms with van der Waals surface area (Å²) in [7, 11) is 0.